The van der Waals surface area contributed by atoms with Crippen LogP contribution in [-0.4, -0.2) is 19.6 Å². The molecule has 0 saturated heterocycles. The van der Waals surface area contributed by atoms with E-state index in [1.54, 1.807) is 12.5 Å². The first kappa shape index (κ1) is 20.7. The third-order valence-electron chi connectivity index (χ3n) is 5.47. The summed E-state index contributed by atoms with van der Waals surface area (Å²) in [6.45, 7) is 0.631. The minimum absolute atomic E-state index is 0.404. The molecule has 0 aliphatic carbocycles. The molecule has 0 aliphatic heterocycles. The molecule has 1 atom stereocenters. The van der Waals surface area contributed by atoms with Gasteiger partial charge in [-0.3, -0.25) is 0 Å². The van der Waals surface area contributed by atoms with Crippen LogP contribution in [0.3, 0.4) is 0 Å². The van der Waals surface area contributed by atoms with Crippen LogP contribution in [-0.2, 0) is 6.54 Å². The van der Waals surface area contributed by atoms with Gasteiger partial charge in [0.25, 0.3) is 0 Å². The lowest BCUT2D eigenvalue weighted by atomic mass is 9.97. The molecule has 5 rings (SSSR count). The Kier molecular flexibility index (Phi) is 5.66. The number of imidazole rings is 1. The summed E-state index contributed by atoms with van der Waals surface area (Å²) >= 11 is 12.5. The number of halogens is 2. The summed E-state index contributed by atoms with van der Waals surface area (Å²) in [4.78, 5) is 8.73. The van der Waals surface area contributed by atoms with E-state index in [9.17, 15) is 5.11 Å². The summed E-state index contributed by atoms with van der Waals surface area (Å²) in [7, 11) is 0. The molecule has 3 aromatic carbocycles. The van der Waals surface area contributed by atoms with Crippen LogP contribution in [0.1, 0.15) is 22.9 Å². The van der Waals surface area contributed by atoms with Crippen molar-refractivity contribution in [2.45, 2.75) is 12.6 Å². The van der Waals surface area contributed by atoms with E-state index < -0.39 is 6.10 Å². The Morgan fingerprint density at radius 1 is 0.906 bits per heavy atom. The van der Waals surface area contributed by atoms with E-state index in [1.165, 1.54) is 0 Å². The second kappa shape index (κ2) is 8.75. The van der Waals surface area contributed by atoms with Crippen LogP contribution >= 0.6 is 23.2 Å². The summed E-state index contributed by atoms with van der Waals surface area (Å²) in [6.07, 6.45) is 2.61. The van der Waals surface area contributed by atoms with Gasteiger partial charge in [-0.25, -0.2) is 9.97 Å². The fourth-order valence-corrected chi connectivity index (χ4v) is 4.31. The topological polar surface area (TPSA) is 50.9 Å². The monoisotopic (exact) mass is 459 g/mol. The molecule has 0 bridgehead atoms. The van der Waals surface area contributed by atoms with Crippen LogP contribution in [0.4, 0.5) is 0 Å². The van der Waals surface area contributed by atoms with Gasteiger partial charge in [-0.2, -0.15) is 0 Å². The number of aliphatic hydroxyl groups excluding tert-OH is 1. The van der Waals surface area contributed by atoms with E-state index in [1.807, 2.05) is 71.3 Å². The fraction of sp³-hybridized carbons (Fsp3) is 0.0769. The third-order valence-corrected chi connectivity index (χ3v) is 5.90. The second-order valence-electron chi connectivity index (χ2n) is 7.61. The number of nitrogens with zero attached hydrogens (tertiary/aromatic N) is 3. The molecule has 5 aromatic rings. The first-order valence-corrected chi connectivity index (χ1v) is 10.9. The number of benzene rings is 3. The molecule has 0 saturated carbocycles. The summed E-state index contributed by atoms with van der Waals surface area (Å²) in [5.41, 5.74) is 5.21. The molecule has 0 spiro atoms. The predicted octanol–water partition coefficient (Wildman–Crippen LogP) is 6.54. The van der Waals surface area contributed by atoms with Crippen LogP contribution < -0.4 is 0 Å². The van der Waals surface area contributed by atoms with Crippen molar-refractivity contribution in [3.8, 4) is 11.1 Å². The molecule has 32 heavy (non-hydrogen) atoms. The van der Waals surface area contributed by atoms with Gasteiger partial charge in [-0.05, 0) is 52.6 Å². The fourth-order valence-electron chi connectivity index (χ4n) is 3.92. The van der Waals surface area contributed by atoms with E-state index in [4.69, 9.17) is 23.2 Å². The molecule has 0 radical (unpaired) electrons. The van der Waals surface area contributed by atoms with Gasteiger partial charge >= 0.3 is 0 Å². The molecular weight excluding hydrogens is 441 g/mol. The van der Waals surface area contributed by atoms with Gasteiger partial charge in [0.2, 0.25) is 0 Å². The molecule has 1 N–H and O–H groups in total. The molecule has 2 aromatic heterocycles. The minimum atomic E-state index is -0.839. The number of fused-ring (bicyclic) bond motifs is 1. The van der Waals surface area contributed by atoms with Crippen molar-refractivity contribution in [1.82, 2.24) is 14.5 Å². The van der Waals surface area contributed by atoms with Gasteiger partial charge in [0, 0.05) is 17.0 Å². The zero-order valence-electron chi connectivity index (χ0n) is 17.0. The molecule has 4 nitrogen and oxygen atoms in total. The summed E-state index contributed by atoms with van der Waals surface area (Å²) in [5, 5.41) is 13.2. The van der Waals surface area contributed by atoms with Gasteiger partial charge in [-0.15, -0.1) is 0 Å². The highest BCUT2D eigenvalue weighted by molar-refractivity contribution is 6.31. The lowest BCUT2D eigenvalue weighted by molar-refractivity contribution is 0.210. The lowest BCUT2D eigenvalue weighted by Gasteiger charge is -2.16. The maximum Gasteiger partial charge on any atom is 0.130 e. The molecule has 6 heteroatoms. The van der Waals surface area contributed by atoms with Crippen LogP contribution in [0.25, 0.3) is 22.0 Å². The van der Waals surface area contributed by atoms with Crippen LogP contribution in [0.2, 0.25) is 10.2 Å². The molecule has 0 aliphatic rings. The number of hydrogen-bond donors (Lipinski definition) is 1. The Bertz CT molecular complexity index is 1400. The zero-order valence-corrected chi connectivity index (χ0v) is 18.5. The second-order valence-corrected chi connectivity index (χ2v) is 8.44. The highest BCUT2D eigenvalue weighted by Gasteiger charge is 2.18. The van der Waals surface area contributed by atoms with E-state index in [-0.39, 0.29) is 0 Å². The highest BCUT2D eigenvalue weighted by atomic mass is 35.5. The average molecular weight is 460 g/mol. The van der Waals surface area contributed by atoms with Gasteiger partial charge < -0.3 is 9.67 Å². The molecule has 2 heterocycles. The van der Waals surface area contributed by atoms with Crippen molar-refractivity contribution in [1.29, 1.82) is 0 Å². The summed E-state index contributed by atoms with van der Waals surface area (Å²) < 4.78 is 1.96. The summed E-state index contributed by atoms with van der Waals surface area (Å²) in [5.74, 6) is 0. The number of aromatic nitrogens is 3. The number of hydrogen-bond acceptors (Lipinski definition) is 3. The van der Waals surface area contributed by atoms with Gasteiger partial charge in [0.1, 0.15) is 11.3 Å². The largest absolute Gasteiger partial charge is 0.382 e. The van der Waals surface area contributed by atoms with E-state index in [2.05, 4.69) is 22.1 Å². The first-order chi connectivity index (χ1) is 15.6. The quantitative estimate of drug-likeness (QED) is 0.303. The van der Waals surface area contributed by atoms with Crippen LogP contribution in [0.5, 0.6) is 0 Å². The molecule has 0 amide bonds. The molecule has 0 fully saturated rings. The van der Waals surface area contributed by atoms with Crippen molar-refractivity contribution in [2.75, 3.05) is 0 Å². The SMILES string of the molecule is OC(c1ccc2nc(Cl)cc(-c3cccc(Cl)c3)c2c1)c1cncn1Cc1ccccc1. The van der Waals surface area contributed by atoms with Gasteiger partial charge in [0.15, 0.2) is 0 Å². The Labute approximate surface area is 195 Å². The van der Waals surface area contributed by atoms with Crippen molar-refractivity contribution in [2.24, 2.45) is 0 Å². The Balaban J connectivity index is 1.57. The van der Waals surface area contributed by atoms with E-state index >= 15 is 0 Å². The van der Waals surface area contributed by atoms with E-state index in [0.29, 0.717) is 16.7 Å². The Hall–Kier alpha value is -3.18. The number of aliphatic hydroxyl groups is 1. The summed E-state index contributed by atoms with van der Waals surface area (Å²) in [6, 6.07) is 25.2. The van der Waals surface area contributed by atoms with Crippen LogP contribution in [0, 0.1) is 0 Å². The maximum absolute atomic E-state index is 11.2. The van der Waals surface area contributed by atoms with Crippen molar-refractivity contribution in [3.05, 3.63) is 118 Å². The maximum atomic E-state index is 11.2. The lowest BCUT2D eigenvalue weighted by Crippen LogP contribution is -2.09. The third kappa shape index (κ3) is 4.13. The van der Waals surface area contributed by atoms with E-state index in [0.717, 1.165) is 38.9 Å². The number of rotatable bonds is 5. The number of pyridine rings is 1. The van der Waals surface area contributed by atoms with Gasteiger partial charge in [-0.1, -0.05) is 71.7 Å². The Morgan fingerprint density at radius 3 is 2.56 bits per heavy atom. The molecule has 1 unspecified atom stereocenters. The van der Waals surface area contributed by atoms with Gasteiger partial charge in [0.05, 0.1) is 23.7 Å². The smallest absolute Gasteiger partial charge is 0.130 e. The zero-order chi connectivity index (χ0) is 22.1. The average Bonchev–Trinajstić information content (AvgIpc) is 3.26. The normalized spacial score (nSPS) is 12.2. The Morgan fingerprint density at radius 2 is 1.75 bits per heavy atom. The molecular formula is C26H19Cl2N3O. The van der Waals surface area contributed by atoms with Crippen molar-refractivity contribution < 1.29 is 5.11 Å². The first-order valence-electron chi connectivity index (χ1n) is 10.2. The van der Waals surface area contributed by atoms with Crippen molar-refractivity contribution in [3.63, 3.8) is 0 Å². The van der Waals surface area contributed by atoms with Crippen molar-refractivity contribution >= 4 is 34.1 Å². The standard InChI is InChI=1S/C26H19Cl2N3O/c27-20-8-4-7-18(11-20)21-13-25(28)30-23-10-9-19(12-22(21)23)26(32)24-14-29-16-31(24)15-17-5-2-1-3-6-17/h1-14,16,26,32H,15H2. The van der Waals surface area contributed by atoms with Crippen LogP contribution in [0.15, 0.2) is 91.4 Å². The molecule has 158 valence electrons. The predicted molar refractivity (Wildman–Crippen MR) is 129 cm³/mol. The highest BCUT2D eigenvalue weighted by Crippen LogP contribution is 2.34. The minimum Gasteiger partial charge on any atom is -0.382 e.